The second kappa shape index (κ2) is 3.35. The van der Waals surface area contributed by atoms with Crippen LogP contribution in [0.15, 0.2) is 11.1 Å². The van der Waals surface area contributed by atoms with Crippen LogP contribution in [0.3, 0.4) is 0 Å². The lowest BCUT2D eigenvalue weighted by Gasteiger charge is -2.51. The lowest BCUT2D eigenvalue weighted by Crippen LogP contribution is -2.60. The molecule has 1 fully saturated rings. The highest BCUT2D eigenvalue weighted by Crippen LogP contribution is 2.51. The van der Waals surface area contributed by atoms with Crippen molar-refractivity contribution in [3.05, 3.63) is 11.1 Å². The highest BCUT2D eigenvalue weighted by atomic mass is 15.4. The first-order valence-corrected chi connectivity index (χ1v) is 7.11. The summed E-state index contributed by atoms with van der Waals surface area (Å²) in [5.41, 5.74) is 4.25. The Morgan fingerprint density at radius 1 is 1.19 bits per heavy atom. The van der Waals surface area contributed by atoms with Crippen LogP contribution < -0.4 is 0 Å². The molecule has 90 valence electrons. The second-order valence-electron chi connectivity index (χ2n) is 6.92. The topological polar surface area (TPSA) is 0 Å². The average molecular weight is 220 g/mol. The van der Waals surface area contributed by atoms with Crippen LogP contribution in [0.1, 0.15) is 52.4 Å². The van der Waals surface area contributed by atoms with Crippen LogP contribution in [-0.4, -0.2) is 30.2 Å². The van der Waals surface area contributed by atoms with Crippen LogP contribution >= 0.6 is 0 Å². The van der Waals surface area contributed by atoms with Gasteiger partial charge in [0.05, 0.1) is 20.1 Å². The van der Waals surface area contributed by atoms with Gasteiger partial charge in [0.15, 0.2) is 0 Å². The fourth-order valence-electron chi connectivity index (χ4n) is 4.92. The van der Waals surface area contributed by atoms with E-state index in [-0.39, 0.29) is 0 Å². The van der Waals surface area contributed by atoms with Gasteiger partial charge in [-0.05, 0) is 38.2 Å². The fourth-order valence-corrected chi connectivity index (χ4v) is 4.92. The number of fused-ring (bicyclic) bond motifs is 2. The summed E-state index contributed by atoms with van der Waals surface area (Å²) < 4.78 is 1.34. The van der Waals surface area contributed by atoms with Gasteiger partial charge in [0, 0.05) is 18.8 Å². The molecular weight excluding hydrogens is 194 g/mol. The maximum absolute atomic E-state index is 2.57. The molecule has 0 N–H and O–H groups in total. The highest BCUT2D eigenvalue weighted by molar-refractivity contribution is 5.29. The molecule has 0 spiro atoms. The first-order chi connectivity index (χ1) is 7.55. The molecule has 3 rings (SSSR count). The molecule has 0 aromatic rings. The van der Waals surface area contributed by atoms with Crippen LogP contribution in [0.4, 0.5) is 0 Å². The SMILES string of the molecule is C[C@@H]1C[C@@]2(C)C3=C(CCCC3)CC[N@@+]2(C)C1. The van der Waals surface area contributed by atoms with E-state index in [9.17, 15) is 0 Å². The Hall–Kier alpha value is -0.300. The van der Waals surface area contributed by atoms with E-state index in [1.165, 1.54) is 56.1 Å². The Labute approximate surface area is 100 Å². The lowest BCUT2D eigenvalue weighted by atomic mass is 9.73. The third kappa shape index (κ3) is 1.27. The van der Waals surface area contributed by atoms with E-state index >= 15 is 0 Å². The van der Waals surface area contributed by atoms with Crippen LogP contribution in [0.5, 0.6) is 0 Å². The van der Waals surface area contributed by atoms with Crippen molar-refractivity contribution < 1.29 is 4.48 Å². The highest BCUT2D eigenvalue weighted by Gasteiger charge is 2.56. The van der Waals surface area contributed by atoms with Gasteiger partial charge in [0.2, 0.25) is 0 Å². The van der Waals surface area contributed by atoms with E-state index in [2.05, 4.69) is 20.9 Å². The summed E-state index contributed by atoms with van der Waals surface area (Å²) in [5.74, 6) is 0.920. The van der Waals surface area contributed by atoms with Gasteiger partial charge >= 0.3 is 0 Å². The summed E-state index contributed by atoms with van der Waals surface area (Å²) in [4.78, 5) is 0. The zero-order valence-corrected chi connectivity index (χ0v) is 11.2. The molecule has 3 aliphatic rings. The third-order valence-corrected chi connectivity index (χ3v) is 5.79. The largest absolute Gasteiger partial charge is 0.317 e. The Bertz CT molecular complexity index is 343. The smallest absolute Gasteiger partial charge is 0.118 e. The molecule has 1 heteroatoms. The summed E-state index contributed by atoms with van der Waals surface area (Å²) in [5, 5.41) is 0. The Morgan fingerprint density at radius 2 is 1.94 bits per heavy atom. The number of rotatable bonds is 0. The van der Waals surface area contributed by atoms with Crippen molar-refractivity contribution in [3.63, 3.8) is 0 Å². The Morgan fingerprint density at radius 3 is 2.75 bits per heavy atom. The number of hydrogen-bond acceptors (Lipinski definition) is 0. The van der Waals surface area contributed by atoms with Crippen molar-refractivity contribution in [2.24, 2.45) is 5.92 Å². The van der Waals surface area contributed by atoms with E-state index in [4.69, 9.17) is 0 Å². The van der Waals surface area contributed by atoms with Crippen LogP contribution in [0, 0.1) is 5.92 Å². The predicted molar refractivity (Wildman–Crippen MR) is 68.2 cm³/mol. The molecule has 0 bridgehead atoms. The van der Waals surface area contributed by atoms with Gasteiger partial charge in [0.1, 0.15) is 5.54 Å². The lowest BCUT2D eigenvalue weighted by molar-refractivity contribution is -0.941. The summed E-state index contributed by atoms with van der Waals surface area (Å²) in [6.45, 7) is 7.83. The minimum absolute atomic E-state index is 0.507. The van der Waals surface area contributed by atoms with Crippen molar-refractivity contribution in [3.8, 4) is 0 Å². The minimum Gasteiger partial charge on any atom is -0.317 e. The fraction of sp³-hybridized carbons (Fsp3) is 0.867. The van der Waals surface area contributed by atoms with Crippen LogP contribution in [0.25, 0.3) is 0 Å². The summed E-state index contributed by atoms with van der Waals surface area (Å²) >= 11 is 0. The summed E-state index contributed by atoms with van der Waals surface area (Å²) in [7, 11) is 2.52. The molecule has 0 radical (unpaired) electrons. The van der Waals surface area contributed by atoms with Gasteiger partial charge in [-0.1, -0.05) is 12.5 Å². The summed E-state index contributed by atoms with van der Waals surface area (Å²) in [6, 6.07) is 0. The van der Waals surface area contributed by atoms with Gasteiger partial charge in [-0.3, -0.25) is 0 Å². The van der Waals surface area contributed by atoms with Gasteiger partial charge in [-0.2, -0.15) is 0 Å². The molecule has 1 saturated heterocycles. The normalized spacial score (nSPS) is 47.8. The Balaban J connectivity index is 2.06. The number of nitrogens with zero attached hydrogens (tertiary/aromatic N) is 1. The van der Waals surface area contributed by atoms with Crippen LogP contribution in [0.2, 0.25) is 0 Å². The van der Waals surface area contributed by atoms with E-state index in [1.807, 2.05) is 11.1 Å². The van der Waals surface area contributed by atoms with Crippen molar-refractivity contribution in [2.75, 3.05) is 20.1 Å². The molecule has 0 aromatic heterocycles. The monoisotopic (exact) mass is 220 g/mol. The molecule has 0 saturated carbocycles. The molecular formula is C15H26N+. The average Bonchev–Trinajstić information content (AvgIpc) is 2.49. The molecule has 0 unspecified atom stereocenters. The third-order valence-electron chi connectivity index (χ3n) is 5.79. The maximum Gasteiger partial charge on any atom is 0.118 e. The number of hydrogen-bond donors (Lipinski definition) is 0. The quantitative estimate of drug-likeness (QED) is 0.433. The molecule has 16 heavy (non-hydrogen) atoms. The second-order valence-corrected chi connectivity index (χ2v) is 6.92. The molecule has 2 aliphatic heterocycles. The van der Waals surface area contributed by atoms with Crippen LogP contribution in [-0.2, 0) is 0 Å². The first kappa shape index (κ1) is 10.8. The van der Waals surface area contributed by atoms with Crippen molar-refractivity contribution in [1.82, 2.24) is 0 Å². The maximum atomic E-state index is 2.57. The zero-order chi connectivity index (χ0) is 11.4. The van der Waals surface area contributed by atoms with Gasteiger partial charge in [-0.15, -0.1) is 0 Å². The van der Waals surface area contributed by atoms with Gasteiger partial charge < -0.3 is 4.48 Å². The molecule has 1 nitrogen and oxygen atoms in total. The van der Waals surface area contributed by atoms with Crippen molar-refractivity contribution in [2.45, 2.75) is 57.9 Å². The van der Waals surface area contributed by atoms with E-state index < -0.39 is 0 Å². The molecule has 0 amide bonds. The standard InChI is InChI=1S/C15H26N/c1-12-10-15(2)14-7-5-4-6-13(14)8-9-16(15,3)11-12/h12H,4-11H2,1-3H3/q+1/t12-,15+,16+/m1/s1. The molecule has 0 aromatic carbocycles. The number of quaternary nitrogens is 1. The van der Waals surface area contributed by atoms with Crippen molar-refractivity contribution >= 4 is 0 Å². The van der Waals surface area contributed by atoms with Crippen molar-refractivity contribution in [1.29, 1.82) is 0 Å². The molecule has 1 aliphatic carbocycles. The van der Waals surface area contributed by atoms with Gasteiger partial charge in [-0.25, -0.2) is 0 Å². The predicted octanol–water partition coefficient (Wildman–Crippen LogP) is 3.51. The number of likely N-dealkylation sites (N-methyl/N-ethyl adjacent to an activating group) is 1. The zero-order valence-electron chi connectivity index (χ0n) is 11.2. The molecule has 2 heterocycles. The van der Waals surface area contributed by atoms with Gasteiger partial charge in [0.25, 0.3) is 0 Å². The first-order valence-electron chi connectivity index (χ1n) is 7.11. The van der Waals surface area contributed by atoms with E-state index in [1.54, 1.807) is 0 Å². The van der Waals surface area contributed by atoms with E-state index in [0.717, 1.165) is 5.92 Å². The van der Waals surface area contributed by atoms with E-state index in [0.29, 0.717) is 5.54 Å². The summed E-state index contributed by atoms with van der Waals surface area (Å²) in [6.07, 6.45) is 8.55. The Kier molecular flexibility index (Phi) is 2.27. The minimum atomic E-state index is 0.507. The molecule has 3 atom stereocenters.